The van der Waals surface area contributed by atoms with E-state index in [0.717, 1.165) is 5.39 Å². The minimum absolute atomic E-state index is 0.170. The standard InChI is InChI=1S/C24H21FN2O3/c25-20-11-2-1-6-16(20)13-14-26-21(28)12-5-15-27-23(29)18-9-3-7-17-8-4-10-19(22(17)18)24(27)30/h1-4,6-11H,5,12-15H2,(H,26,28). The minimum atomic E-state index is -0.329. The van der Waals surface area contributed by atoms with Crippen LogP contribution < -0.4 is 5.32 Å². The number of carbonyl (C=O) groups is 3. The van der Waals surface area contributed by atoms with Crippen molar-refractivity contribution in [3.63, 3.8) is 0 Å². The van der Waals surface area contributed by atoms with Gasteiger partial charge in [-0.2, -0.15) is 0 Å². The average Bonchev–Trinajstić information content (AvgIpc) is 2.75. The van der Waals surface area contributed by atoms with Crippen LogP contribution in [0.5, 0.6) is 0 Å². The molecule has 4 rings (SSSR count). The maximum Gasteiger partial charge on any atom is 0.261 e. The van der Waals surface area contributed by atoms with Crippen molar-refractivity contribution in [3.8, 4) is 0 Å². The van der Waals surface area contributed by atoms with E-state index in [1.54, 1.807) is 42.5 Å². The van der Waals surface area contributed by atoms with Gasteiger partial charge in [-0.05, 0) is 42.0 Å². The summed E-state index contributed by atoms with van der Waals surface area (Å²) in [4.78, 5) is 38.9. The maximum absolute atomic E-state index is 13.6. The zero-order chi connectivity index (χ0) is 21.1. The fourth-order valence-electron chi connectivity index (χ4n) is 3.81. The Balaban J connectivity index is 1.32. The molecule has 0 saturated carbocycles. The molecule has 0 saturated heterocycles. The number of nitrogens with zero attached hydrogens (tertiary/aromatic N) is 1. The lowest BCUT2D eigenvalue weighted by molar-refractivity contribution is -0.121. The lowest BCUT2D eigenvalue weighted by Gasteiger charge is -2.27. The predicted octanol–water partition coefficient (Wildman–Crippen LogP) is 3.71. The Morgan fingerprint density at radius 1 is 0.900 bits per heavy atom. The van der Waals surface area contributed by atoms with Crippen molar-refractivity contribution in [2.45, 2.75) is 19.3 Å². The van der Waals surface area contributed by atoms with Crippen LogP contribution in [0.4, 0.5) is 4.39 Å². The summed E-state index contributed by atoms with van der Waals surface area (Å²) < 4.78 is 13.6. The zero-order valence-electron chi connectivity index (χ0n) is 16.4. The molecular weight excluding hydrogens is 383 g/mol. The summed E-state index contributed by atoms with van der Waals surface area (Å²) in [5.41, 5.74) is 1.57. The van der Waals surface area contributed by atoms with Crippen LogP contribution in [0.25, 0.3) is 10.8 Å². The van der Waals surface area contributed by atoms with E-state index in [-0.39, 0.29) is 36.5 Å². The van der Waals surface area contributed by atoms with Crippen molar-refractivity contribution in [1.29, 1.82) is 0 Å². The second kappa shape index (κ2) is 8.45. The van der Waals surface area contributed by atoms with Gasteiger partial charge in [-0.3, -0.25) is 19.3 Å². The van der Waals surface area contributed by atoms with Gasteiger partial charge in [-0.15, -0.1) is 0 Å². The molecule has 1 N–H and O–H groups in total. The van der Waals surface area contributed by atoms with Gasteiger partial charge in [0.25, 0.3) is 11.8 Å². The third-order valence-electron chi connectivity index (χ3n) is 5.32. The molecule has 3 aromatic carbocycles. The number of amides is 3. The highest BCUT2D eigenvalue weighted by molar-refractivity contribution is 6.25. The van der Waals surface area contributed by atoms with Crippen LogP contribution in [0.15, 0.2) is 60.7 Å². The largest absolute Gasteiger partial charge is 0.356 e. The number of benzene rings is 3. The average molecular weight is 404 g/mol. The van der Waals surface area contributed by atoms with E-state index < -0.39 is 0 Å². The second-order valence-electron chi connectivity index (χ2n) is 7.27. The summed E-state index contributed by atoms with van der Waals surface area (Å²) in [6, 6.07) is 17.3. The van der Waals surface area contributed by atoms with E-state index in [0.29, 0.717) is 41.5 Å². The van der Waals surface area contributed by atoms with E-state index in [4.69, 9.17) is 0 Å². The third kappa shape index (κ3) is 3.81. The van der Waals surface area contributed by atoms with Crippen molar-refractivity contribution in [3.05, 3.63) is 83.2 Å². The Morgan fingerprint density at radius 2 is 1.57 bits per heavy atom. The van der Waals surface area contributed by atoms with Gasteiger partial charge in [-0.25, -0.2) is 4.39 Å². The van der Waals surface area contributed by atoms with E-state index in [1.165, 1.54) is 11.0 Å². The first-order chi connectivity index (χ1) is 14.6. The summed E-state index contributed by atoms with van der Waals surface area (Å²) in [5.74, 6) is -1.14. The summed E-state index contributed by atoms with van der Waals surface area (Å²) in [6.45, 7) is 0.500. The molecular formula is C24H21FN2O3. The lowest BCUT2D eigenvalue weighted by atomic mass is 9.94. The Labute approximate surface area is 173 Å². The molecule has 30 heavy (non-hydrogen) atoms. The molecule has 0 unspecified atom stereocenters. The number of imide groups is 1. The SMILES string of the molecule is O=C(CCCN1C(=O)c2cccc3cccc(c23)C1=O)NCCc1ccccc1F. The Bertz CT molecular complexity index is 1090. The fraction of sp³-hybridized carbons (Fsp3) is 0.208. The van der Waals surface area contributed by atoms with Crippen LogP contribution >= 0.6 is 0 Å². The number of hydrogen-bond donors (Lipinski definition) is 1. The van der Waals surface area contributed by atoms with Crippen molar-refractivity contribution in [2.75, 3.05) is 13.1 Å². The third-order valence-corrected chi connectivity index (χ3v) is 5.32. The monoisotopic (exact) mass is 404 g/mol. The lowest BCUT2D eigenvalue weighted by Crippen LogP contribution is -2.41. The molecule has 3 aromatic rings. The molecule has 0 spiro atoms. The molecule has 0 bridgehead atoms. The van der Waals surface area contributed by atoms with Gasteiger partial charge in [0.2, 0.25) is 5.91 Å². The van der Waals surface area contributed by atoms with Gasteiger partial charge in [0, 0.05) is 36.0 Å². The van der Waals surface area contributed by atoms with Gasteiger partial charge < -0.3 is 5.32 Å². The number of halogens is 1. The van der Waals surface area contributed by atoms with Crippen LogP contribution in [-0.4, -0.2) is 35.7 Å². The van der Waals surface area contributed by atoms with Crippen molar-refractivity contribution in [2.24, 2.45) is 0 Å². The first-order valence-corrected chi connectivity index (χ1v) is 9.94. The number of carbonyl (C=O) groups excluding carboxylic acids is 3. The van der Waals surface area contributed by atoms with E-state index in [2.05, 4.69) is 5.32 Å². The number of hydrogen-bond acceptors (Lipinski definition) is 3. The smallest absolute Gasteiger partial charge is 0.261 e. The van der Waals surface area contributed by atoms with Gasteiger partial charge >= 0.3 is 0 Å². The summed E-state index contributed by atoms with van der Waals surface area (Å²) in [7, 11) is 0. The van der Waals surface area contributed by atoms with Crippen LogP contribution in [0.2, 0.25) is 0 Å². The van der Waals surface area contributed by atoms with Crippen molar-refractivity contribution >= 4 is 28.5 Å². The quantitative estimate of drug-likeness (QED) is 0.611. The Hall–Kier alpha value is -3.54. The summed E-state index contributed by atoms with van der Waals surface area (Å²) in [6.07, 6.45) is 0.948. The predicted molar refractivity (Wildman–Crippen MR) is 112 cm³/mol. The van der Waals surface area contributed by atoms with Crippen molar-refractivity contribution in [1.82, 2.24) is 10.2 Å². The molecule has 1 aliphatic rings. The first-order valence-electron chi connectivity index (χ1n) is 9.94. The van der Waals surface area contributed by atoms with Crippen molar-refractivity contribution < 1.29 is 18.8 Å². The Kier molecular flexibility index (Phi) is 5.57. The summed E-state index contributed by atoms with van der Waals surface area (Å²) >= 11 is 0. The number of nitrogens with one attached hydrogen (secondary N) is 1. The highest BCUT2D eigenvalue weighted by Gasteiger charge is 2.32. The minimum Gasteiger partial charge on any atom is -0.356 e. The van der Waals surface area contributed by atoms with E-state index >= 15 is 0 Å². The second-order valence-corrected chi connectivity index (χ2v) is 7.27. The molecule has 6 heteroatoms. The summed E-state index contributed by atoms with van der Waals surface area (Å²) in [5, 5.41) is 4.31. The topological polar surface area (TPSA) is 66.5 Å². The molecule has 0 atom stereocenters. The van der Waals surface area contributed by atoms with Crippen LogP contribution in [0, 0.1) is 5.82 Å². The molecule has 0 radical (unpaired) electrons. The maximum atomic E-state index is 13.6. The Morgan fingerprint density at radius 3 is 2.23 bits per heavy atom. The molecule has 152 valence electrons. The molecule has 5 nitrogen and oxygen atoms in total. The molecule has 0 aliphatic carbocycles. The van der Waals surface area contributed by atoms with Gasteiger partial charge in [0.15, 0.2) is 0 Å². The van der Waals surface area contributed by atoms with Gasteiger partial charge in [0.05, 0.1) is 0 Å². The van der Waals surface area contributed by atoms with Gasteiger partial charge in [0.1, 0.15) is 5.82 Å². The zero-order valence-corrected chi connectivity index (χ0v) is 16.4. The van der Waals surface area contributed by atoms with Crippen LogP contribution in [0.1, 0.15) is 39.1 Å². The van der Waals surface area contributed by atoms with E-state index in [9.17, 15) is 18.8 Å². The van der Waals surface area contributed by atoms with Crippen LogP contribution in [-0.2, 0) is 11.2 Å². The van der Waals surface area contributed by atoms with Crippen LogP contribution in [0.3, 0.4) is 0 Å². The normalized spacial score (nSPS) is 13.0. The first kappa shape index (κ1) is 19.8. The van der Waals surface area contributed by atoms with Gasteiger partial charge in [-0.1, -0.05) is 42.5 Å². The molecule has 3 amide bonds. The molecule has 1 aliphatic heterocycles. The molecule has 0 aromatic heterocycles. The highest BCUT2D eigenvalue weighted by Crippen LogP contribution is 2.30. The highest BCUT2D eigenvalue weighted by atomic mass is 19.1. The van der Waals surface area contributed by atoms with E-state index in [1.807, 2.05) is 12.1 Å². The molecule has 1 heterocycles. The number of rotatable bonds is 7. The molecule has 0 fully saturated rings. The fourth-order valence-corrected chi connectivity index (χ4v) is 3.81.